The van der Waals surface area contributed by atoms with Gasteiger partial charge in [0, 0.05) is 17.8 Å². The molecule has 0 radical (unpaired) electrons. The number of rotatable bonds is 2. The molecule has 2 rings (SSSR count). The standard InChI is InChI=1S/C12H9F3N2O/c1-6-2-11(8(14)4-10(6)16)18-12-9(15)3-7(13)5-17-12/h2-5H,16H2,1H3. The lowest BCUT2D eigenvalue weighted by Gasteiger charge is -2.08. The summed E-state index contributed by atoms with van der Waals surface area (Å²) in [5.41, 5.74) is 6.33. The Labute approximate surface area is 101 Å². The van der Waals surface area contributed by atoms with Crippen molar-refractivity contribution in [1.29, 1.82) is 0 Å². The van der Waals surface area contributed by atoms with Crippen LogP contribution in [0.1, 0.15) is 5.56 Å². The Bertz CT molecular complexity index is 602. The summed E-state index contributed by atoms with van der Waals surface area (Å²) >= 11 is 0. The number of aromatic nitrogens is 1. The summed E-state index contributed by atoms with van der Waals surface area (Å²) < 4.78 is 44.4. The largest absolute Gasteiger partial charge is 0.433 e. The number of aryl methyl sites for hydroxylation is 1. The molecule has 1 heterocycles. The van der Waals surface area contributed by atoms with E-state index in [1.165, 1.54) is 6.07 Å². The molecule has 0 aliphatic rings. The Morgan fingerprint density at radius 3 is 2.50 bits per heavy atom. The van der Waals surface area contributed by atoms with Gasteiger partial charge in [0.15, 0.2) is 17.4 Å². The van der Waals surface area contributed by atoms with Gasteiger partial charge in [0.1, 0.15) is 5.82 Å². The second kappa shape index (κ2) is 4.56. The molecule has 2 N–H and O–H groups in total. The van der Waals surface area contributed by atoms with Gasteiger partial charge in [-0.2, -0.15) is 0 Å². The number of nitrogens with zero attached hydrogens (tertiary/aromatic N) is 1. The van der Waals surface area contributed by atoms with Crippen molar-refractivity contribution in [3.63, 3.8) is 0 Å². The summed E-state index contributed by atoms with van der Waals surface area (Å²) in [4.78, 5) is 3.40. The van der Waals surface area contributed by atoms with Gasteiger partial charge >= 0.3 is 0 Å². The molecule has 6 heteroatoms. The Kier molecular flexibility index (Phi) is 3.10. The average molecular weight is 254 g/mol. The maximum atomic E-state index is 13.5. The Morgan fingerprint density at radius 2 is 1.83 bits per heavy atom. The van der Waals surface area contributed by atoms with Gasteiger partial charge in [-0.3, -0.25) is 0 Å². The normalized spacial score (nSPS) is 10.4. The van der Waals surface area contributed by atoms with E-state index in [0.29, 0.717) is 11.6 Å². The minimum Gasteiger partial charge on any atom is -0.433 e. The molecule has 94 valence electrons. The fourth-order valence-electron chi connectivity index (χ4n) is 1.33. The van der Waals surface area contributed by atoms with Gasteiger partial charge in [0.25, 0.3) is 5.88 Å². The van der Waals surface area contributed by atoms with Crippen LogP contribution >= 0.6 is 0 Å². The molecule has 0 aliphatic carbocycles. The average Bonchev–Trinajstić information content (AvgIpc) is 2.29. The monoisotopic (exact) mass is 254 g/mol. The summed E-state index contributed by atoms with van der Waals surface area (Å²) in [6.45, 7) is 1.65. The van der Waals surface area contributed by atoms with Crippen LogP contribution in [0.25, 0.3) is 0 Å². The van der Waals surface area contributed by atoms with Crippen LogP contribution < -0.4 is 10.5 Å². The van der Waals surface area contributed by atoms with Gasteiger partial charge < -0.3 is 10.5 Å². The summed E-state index contributed by atoms with van der Waals surface area (Å²) in [6.07, 6.45) is 0.778. The van der Waals surface area contributed by atoms with Crippen molar-refractivity contribution in [2.45, 2.75) is 6.92 Å². The zero-order valence-corrected chi connectivity index (χ0v) is 9.38. The van der Waals surface area contributed by atoms with Crippen LogP contribution in [0.15, 0.2) is 24.4 Å². The van der Waals surface area contributed by atoms with Gasteiger partial charge in [0.05, 0.1) is 6.20 Å². The first-order valence-corrected chi connectivity index (χ1v) is 5.02. The van der Waals surface area contributed by atoms with E-state index in [0.717, 1.165) is 12.3 Å². The summed E-state index contributed by atoms with van der Waals surface area (Å²) in [6, 6.07) is 2.98. The molecule has 0 fully saturated rings. The SMILES string of the molecule is Cc1cc(Oc2ncc(F)cc2F)c(F)cc1N. The number of hydrogen-bond donors (Lipinski definition) is 1. The minimum atomic E-state index is -1.01. The smallest absolute Gasteiger partial charge is 0.256 e. The van der Waals surface area contributed by atoms with Gasteiger partial charge in [-0.15, -0.1) is 0 Å². The molecule has 0 saturated carbocycles. The molecular formula is C12H9F3N2O. The van der Waals surface area contributed by atoms with Crippen LogP contribution in [0, 0.1) is 24.4 Å². The predicted molar refractivity (Wildman–Crippen MR) is 59.8 cm³/mol. The molecule has 0 amide bonds. The first-order chi connectivity index (χ1) is 8.47. The Morgan fingerprint density at radius 1 is 1.11 bits per heavy atom. The van der Waals surface area contributed by atoms with Crippen LogP contribution in [0.4, 0.5) is 18.9 Å². The number of benzene rings is 1. The zero-order chi connectivity index (χ0) is 13.3. The fraction of sp³-hybridized carbons (Fsp3) is 0.0833. The van der Waals surface area contributed by atoms with Crippen molar-refractivity contribution in [1.82, 2.24) is 4.98 Å². The third kappa shape index (κ3) is 2.37. The summed E-state index contributed by atoms with van der Waals surface area (Å²) in [5.74, 6) is -3.32. The van der Waals surface area contributed by atoms with E-state index in [9.17, 15) is 13.2 Å². The molecule has 18 heavy (non-hydrogen) atoms. The van der Waals surface area contributed by atoms with Crippen molar-refractivity contribution in [2.75, 3.05) is 5.73 Å². The minimum absolute atomic E-state index is 0.222. The Balaban J connectivity index is 2.37. The number of nitrogens with two attached hydrogens (primary N) is 1. The van der Waals surface area contributed by atoms with Crippen molar-refractivity contribution >= 4 is 5.69 Å². The van der Waals surface area contributed by atoms with E-state index in [1.54, 1.807) is 6.92 Å². The first kappa shape index (κ1) is 12.2. The summed E-state index contributed by atoms with van der Waals surface area (Å²) in [5, 5.41) is 0. The van der Waals surface area contributed by atoms with Gasteiger partial charge in [0.2, 0.25) is 0 Å². The molecule has 0 spiro atoms. The number of nitrogen functional groups attached to an aromatic ring is 1. The zero-order valence-electron chi connectivity index (χ0n) is 9.38. The lowest BCUT2D eigenvalue weighted by Crippen LogP contribution is -1.98. The highest BCUT2D eigenvalue weighted by Crippen LogP contribution is 2.28. The van der Waals surface area contributed by atoms with E-state index in [2.05, 4.69) is 4.98 Å². The lowest BCUT2D eigenvalue weighted by molar-refractivity contribution is 0.394. The third-order valence-electron chi connectivity index (χ3n) is 2.30. The molecule has 1 aromatic carbocycles. The van der Waals surface area contributed by atoms with Crippen molar-refractivity contribution in [3.8, 4) is 11.6 Å². The van der Waals surface area contributed by atoms with Crippen LogP contribution in [-0.4, -0.2) is 4.98 Å². The van der Waals surface area contributed by atoms with E-state index in [4.69, 9.17) is 10.5 Å². The van der Waals surface area contributed by atoms with Crippen LogP contribution in [-0.2, 0) is 0 Å². The molecule has 2 aromatic rings. The molecule has 3 nitrogen and oxygen atoms in total. The molecular weight excluding hydrogens is 245 g/mol. The van der Waals surface area contributed by atoms with Crippen molar-refractivity contribution in [3.05, 3.63) is 47.4 Å². The summed E-state index contributed by atoms with van der Waals surface area (Å²) in [7, 11) is 0. The Hall–Kier alpha value is -2.24. The van der Waals surface area contributed by atoms with Crippen LogP contribution in [0.2, 0.25) is 0 Å². The van der Waals surface area contributed by atoms with Gasteiger partial charge in [-0.05, 0) is 18.6 Å². The molecule has 0 aliphatic heterocycles. The number of pyridine rings is 1. The number of halogens is 3. The first-order valence-electron chi connectivity index (χ1n) is 5.02. The quantitative estimate of drug-likeness (QED) is 0.837. The maximum absolute atomic E-state index is 13.5. The van der Waals surface area contributed by atoms with E-state index >= 15 is 0 Å². The highest BCUT2D eigenvalue weighted by molar-refractivity contribution is 5.51. The second-order valence-corrected chi connectivity index (χ2v) is 3.68. The number of ether oxygens (including phenoxy) is 1. The highest BCUT2D eigenvalue weighted by Gasteiger charge is 2.12. The van der Waals surface area contributed by atoms with Crippen molar-refractivity contribution < 1.29 is 17.9 Å². The topological polar surface area (TPSA) is 48.1 Å². The van der Waals surface area contributed by atoms with E-state index in [-0.39, 0.29) is 11.4 Å². The third-order valence-corrected chi connectivity index (χ3v) is 2.30. The predicted octanol–water partition coefficient (Wildman–Crippen LogP) is 3.18. The van der Waals surface area contributed by atoms with E-state index in [1.807, 2.05) is 0 Å². The fourth-order valence-corrected chi connectivity index (χ4v) is 1.33. The van der Waals surface area contributed by atoms with Crippen molar-refractivity contribution in [2.24, 2.45) is 0 Å². The maximum Gasteiger partial charge on any atom is 0.256 e. The molecule has 0 unspecified atom stereocenters. The number of anilines is 1. The number of hydrogen-bond acceptors (Lipinski definition) is 3. The second-order valence-electron chi connectivity index (χ2n) is 3.68. The molecule has 1 aromatic heterocycles. The lowest BCUT2D eigenvalue weighted by atomic mass is 10.2. The molecule has 0 atom stereocenters. The van der Waals surface area contributed by atoms with Crippen LogP contribution in [0.5, 0.6) is 11.6 Å². The van der Waals surface area contributed by atoms with E-state index < -0.39 is 23.3 Å². The highest BCUT2D eigenvalue weighted by atomic mass is 19.1. The molecule has 0 saturated heterocycles. The molecule has 0 bridgehead atoms. The van der Waals surface area contributed by atoms with Crippen LogP contribution in [0.3, 0.4) is 0 Å². The van der Waals surface area contributed by atoms with Gasteiger partial charge in [-0.25, -0.2) is 18.2 Å². The van der Waals surface area contributed by atoms with Gasteiger partial charge in [-0.1, -0.05) is 0 Å².